The van der Waals surface area contributed by atoms with Crippen LogP contribution in [0.5, 0.6) is 0 Å². The van der Waals surface area contributed by atoms with E-state index in [0.29, 0.717) is 29.6 Å². The van der Waals surface area contributed by atoms with Gasteiger partial charge in [-0.1, -0.05) is 41.4 Å². The lowest BCUT2D eigenvalue weighted by molar-refractivity contribution is -0.157. The first-order valence-corrected chi connectivity index (χ1v) is 8.74. The Kier molecular flexibility index (Phi) is 5.16. The fourth-order valence-corrected chi connectivity index (χ4v) is 3.95. The van der Waals surface area contributed by atoms with Crippen molar-refractivity contribution in [2.24, 2.45) is 17.8 Å². The zero-order chi connectivity index (χ0) is 17.3. The molecule has 0 N–H and O–H groups in total. The van der Waals surface area contributed by atoms with Crippen molar-refractivity contribution in [2.45, 2.75) is 19.4 Å². The minimum Gasteiger partial charge on any atom is -0.469 e. The van der Waals surface area contributed by atoms with Crippen molar-refractivity contribution in [1.82, 2.24) is 4.90 Å². The minimum atomic E-state index is -0.394. The van der Waals surface area contributed by atoms with E-state index < -0.39 is 5.92 Å². The lowest BCUT2D eigenvalue weighted by Crippen LogP contribution is -2.50. The van der Waals surface area contributed by atoms with E-state index in [2.05, 4.69) is 6.08 Å². The highest BCUT2D eigenvalue weighted by Gasteiger charge is 2.44. The molecule has 24 heavy (non-hydrogen) atoms. The maximum Gasteiger partial charge on any atom is 0.309 e. The molecule has 4 nitrogen and oxygen atoms in total. The van der Waals surface area contributed by atoms with E-state index in [1.807, 2.05) is 12.1 Å². The van der Waals surface area contributed by atoms with E-state index in [0.717, 1.165) is 12.0 Å². The molecule has 0 bridgehead atoms. The summed E-state index contributed by atoms with van der Waals surface area (Å²) in [6.07, 6.45) is 5.46. The van der Waals surface area contributed by atoms with Gasteiger partial charge in [-0.15, -0.1) is 0 Å². The average Bonchev–Trinajstić information content (AvgIpc) is 2.59. The van der Waals surface area contributed by atoms with Crippen LogP contribution in [-0.2, 0) is 20.9 Å². The van der Waals surface area contributed by atoms with E-state index >= 15 is 0 Å². The third-order valence-corrected chi connectivity index (χ3v) is 5.60. The Labute approximate surface area is 151 Å². The smallest absolute Gasteiger partial charge is 0.309 e. The van der Waals surface area contributed by atoms with Crippen LogP contribution < -0.4 is 0 Å². The molecule has 1 aliphatic heterocycles. The standard InChI is InChI=1S/C18H19Cl2NO3/c1-24-18(23)13-4-2-3-12-7-8-21(17(22)16(12)13)10-11-5-6-14(19)15(20)9-11/h2-3,5-6,9,12-13,16H,4,7-8,10H2,1H3/t12-,13-,16+/m1/s1. The molecule has 1 fully saturated rings. The summed E-state index contributed by atoms with van der Waals surface area (Å²) in [7, 11) is 1.37. The number of hydrogen-bond acceptors (Lipinski definition) is 3. The molecule has 3 rings (SSSR count). The van der Waals surface area contributed by atoms with Crippen molar-refractivity contribution in [3.63, 3.8) is 0 Å². The van der Waals surface area contributed by atoms with Crippen molar-refractivity contribution >= 4 is 35.1 Å². The molecule has 1 heterocycles. The van der Waals surface area contributed by atoms with E-state index in [4.69, 9.17) is 27.9 Å². The number of methoxy groups -OCH3 is 1. The predicted octanol–water partition coefficient (Wildman–Crippen LogP) is 3.71. The van der Waals surface area contributed by atoms with Gasteiger partial charge in [0.2, 0.25) is 5.91 Å². The number of rotatable bonds is 3. The topological polar surface area (TPSA) is 46.6 Å². The molecule has 1 saturated heterocycles. The van der Waals surface area contributed by atoms with Gasteiger partial charge in [0.25, 0.3) is 0 Å². The van der Waals surface area contributed by atoms with Gasteiger partial charge in [0.1, 0.15) is 0 Å². The summed E-state index contributed by atoms with van der Waals surface area (Å²) in [4.78, 5) is 26.8. The molecule has 3 atom stereocenters. The molecule has 0 radical (unpaired) electrons. The molecule has 6 heteroatoms. The van der Waals surface area contributed by atoms with E-state index in [1.54, 1.807) is 17.0 Å². The molecule has 1 aromatic carbocycles. The second kappa shape index (κ2) is 7.16. The van der Waals surface area contributed by atoms with E-state index in [-0.39, 0.29) is 23.7 Å². The highest BCUT2D eigenvalue weighted by atomic mass is 35.5. The summed E-state index contributed by atoms with van der Waals surface area (Å²) in [5, 5.41) is 0.971. The van der Waals surface area contributed by atoms with E-state index in [1.165, 1.54) is 7.11 Å². The summed E-state index contributed by atoms with van der Waals surface area (Å²) in [5.74, 6) is -0.912. The van der Waals surface area contributed by atoms with Gasteiger partial charge in [-0.2, -0.15) is 0 Å². The van der Waals surface area contributed by atoms with Gasteiger partial charge in [-0.25, -0.2) is 0 Å². The number of hydrogen-bond donors (Lipinski definition) is 0. The number of likely N-dealkylation sites (tertiary alicyclic amines) is 1. The Bertz CT molecular complexity index is 689. The summed E-state index contributed by atoms with van der Waals surface area (Å²) in [6, 6.07) is 5.38. The number of nitrogens with zero attached hydrogens (tertiary/aromatic N) is 1. The third kappa shape index (κ3) is 3.31. The van der Waals surface area contributed by atoms with Crippen molar-refractivity contribution in [1.29, 1.82) is 0 Å². The van der Waals surface area contributed by atoms with Crippen LogP contribution in [0.1, 0.15) is 18.4 Å². The summed E-state index contributed by atoms with van der Waals surface area (Å²) >= 11 is 12.0. The van der Waals surface area contributed by atoms with E-state index in [9.17, 15) is 9.59 Å². The second-order valence-electron chi connectivity index (χ2n) is 6.28. The number of halogens is 2. The molecular weight excluding hydrogens is 349 g/mol. The Balaban J connectivity index is 1.79. The lowest BCUT2D eigenvalue weighted by Gasteiger charge is -2.41. The van der Waals surface area contributed by atoms with Crippen LogP contribution in [0.25, 0.3) is 0 Å². The summed E-state index contributed by atoms with van der Waals surface area (Å²) in [6.45, 7) is 1.13. The highest BCUT2D eigenvalue weighted by Crippen LogP contribution is 2.38. The number of ether oxygens (including phenoxy) is 1. The molecule has 1 amide bonds. The van der Waals surface area contributed by atoms with Gasteiger partial charge in [0, 0.05) is 13.1 Å². The molecule has 1 aromatic rings. The maximum atomic E-state index is 13.0. The average molecular weight is 368 g/mol. The molecule has 0 unspecified atom stereocenters. The van der Waals surface area contributed by atoms with Gasteiger partial charge in [-0.05, 0) is 36.5 Å². The Morgan fingerprint density at radius 2 is 2.12 bits per heavy atom. The van der Waals surface area contributed by atoms with Gasteiger partial charge in [0.05, 0.1) is 29.0 Å². The number of esters is 1. The molecule has 0 saturated carbocycles. The molecule has 0 aromatic heterocycles. The van der Waals surface area contributed by atoms with Crippen LogP contribution >= 0.6 is 23.2 Å². The maximum absolute atomic E-state index is 13.0. The number of carbonyl (C=O) groups excluding carboxylic acids is 2. The first kappa shape index (κ1) is 17.3. The van der Waals surface area contributed by atoms with Gasteiger partial charge in [0.15, 0.2) is 0 Å². The van der Waals surface area contributed by atoms with Crippen LogP contribution in [0.15, 0.2) is 30.4 Å². The number of fused-ring (bicyclic) bond motifs is 1. The highest BCUT2D eigenvalue weighted by molar-refractivity contribution is 6.42. The molecule has 2 aliphatic rings. The van der Waals surface area contributed by atoms with Gasteiger partial charge >= 0.3 is 5.97 Å². The number of piperidine rings is 1. The minimum absolute atomic E-state index is 0.0112. The van der Waals surface area contributed by atoms with Crippen molar-refractivity contribution in [3.8, 4) is 0 Å². The monoisotopic (exact) mass is 367 g/mol. The second-order valence-corrected chi connectivity index (χ2v) is 7.09. The fraction of sp³-hybridized carbons (Fsp3) is 0.444. The molecular formula is C18H19Cl2NO3. The Morgan fingerprint density at radius 3 is 2.83 bits per heavy atom. The quantitative estimate of drug-likeness (QED) is 0.604. The summed E-state index contributed by atoms with van der Waals surface area (Å²) in [5.41, 5.74) is 0.928. The molecule has 128 valence electrons. The van der Waals surface area contributed by atoms with Crippen LogP contribution in [-0.4, -0.2) is 30.4 Å². The Morgan fingerprint density at radius 1 is 1.33 bits per heavy atom. The van der Waals surface area contributed by atoms with Crippen LogP contribution in [0, 0.1) is 17.8 Å². The first-order chi connectivity index (χ1) is 11.5. The van der Waals surface area contributed by atoms with Gasteiger partial charge < -0.3 is 9.64 Å². The predicted molar refractivity (Wildman–Crippen MR) is 92.7 cm³/mol. The largest absolute Gasteiger partial charge is 0.469 e. The molecule has 0 spiro atoms. The summed E-state index contributed by atoms with van der Waals surface area (Å²) < 4.78 is 4.89. The zero-order valence-electron chi connectivity index (χ0n) is 13.4. The lowest BCUT2D eigenvalue weighted by atomic mass is 9.71. The van der Waals surface area contributed by atoms with Gasteiger partial charge in [-0.3, -0.25) is 9.59 Å². The molecule has 1 aliphatic carbocycles. The van der Waals surface area contributed by atoms with Crippen molar-refractivity contribution in [2.75, 3.05) is 13.7 Å². The normalized spacial score (nSPS) is 26.2. The zero-order valence-corrected chi connectivity index (χ0v) is 14.9. The number of carbonyl (C=O) groups is 2. The number of amides is 1. The number of benzene rings is 1. The van der Waals surface area contributed by atoms with Crippen LogP contribution in [0.2, 0.25) is 10.0 Å². The van der Waals surface area contributed by atoms with Crippen LogP contribution in [0.3, 0.4) is 0 Å². The Hall–Kier alpha value is -1.52. The van der Waals surface area contributed by atoms with Crippen molar-refractivity contribution < 1.29 is 14.3 Å². The fourth-order valence-electron chi connectivity index (χ4n) is 3.63. The third-order valence-electron chi connectivity index (χ3n) is 4.86. The van der Waals surface area contributed by atoms with Crippen molar-refractivity contribution in [3.05, 3.63) is 46.0 Å². The first-order valence-electron chi connectivity index (χ1n) is 7.98. The van der Waals surface area contributed by atoms with Crippen LogP contribution in [0.4, 0.5) is 0 Å². The SMILES string of the molecule is COC(=O)[C@@H]1CC=C[C@@H]2CCN(Cc3ccc(Cl)c(Cl)c3)C(=O)[C@@H]21. The number of allylic oxidation sites excluding steroid dienone is 2.